The number of hydrogen-bond acceptors (Lipinski definition) is 4. The van der Waals surface area contributed by atoms with Crippen molar-refractivity contribution in [3.05, 3.63) is 29.8 Å². The van der Waals surface area contributed by atoms with Gasteiger partial charge in [-0.25, -0.2) is 8.42 Å². The summed E-state index contributed by atoms with van der Waals surface area (Å²) >= 11 is 0. The molecule has 1 amide bonds. The lowest BCUT2D eigenvalue weighted by atomic mass is 10.1. The Morgan fingerprint density at radius 1 is 1.17 bits per heavy atom. The fourth-order valence-electron chi connectivity index (χ4n) is 2.98. The fourth-order valence-corrected chi connectivity index (χ4v) is 4.75. The van der Waals surface area contributed by atoms with Gasteiger partial charge in [0.25, 0.3) is 5.91 Å². The molecule has 1 aromatic carbocycles. The summed E-state index contributed by atoms with van der Waals surface area (Å²) < 4.78 is 27.7. The van der Waals surface area contributed by atoms with Crippen LogP contribution in [0.2, 0.25) is 0 Å². The first-order valence-electron chi connectivity index (χ1n) is 8.42. The molecule has 24 heavy (non-hydrogen) atoms. The molecule has 0 aromatic heterocycles. The Labute approximate surface area is 144 Å². The highest BCUT2D eigenvalue weighted by Gasteiger charge is 2.31. The fraction of sp³-hybridized carbons (Fsp3) is 0.588. The van der Waals surface area contributed by atoms with Crippen molar-refractivity contribution in [1.82, 2.24) is 14.5 Å². The number of nitrogens with one attached hydrogen (secondary N) is 1. The summed E-state index contributed by atoms with van der Waals surface area (Å²) in [6.07, 6.45) is 2.44. The van der Waals surface area contributed by atoms with Gasteiger partial charge in [-0.05, 0) is 56.6 Å². The summed E-state index contributed by atoms with van der Waals surface area (Å²) in [6.45, 7) is 4.20. The number of piperidine rings is 1. The Balaban J connectivity index is 2.27. The van der Waals surface area contributed by atoms with Gasteiger partial charge < -0.3 is 10.2 Å². The van der Waals surface area contributed by atoms with Crippen LogP contribution >= 0.6 is 0 Å². The smallest absolute Gasteiger partial charge is 0.253 e. The van der Waals surface area contributed by atoms with Crippen LogP contribution in [0.15, 0.2) is 29.2 Å². The predicted molar refractivity (Wildman–Crippen MR) is 94.5 cm³/mol. The topological polar surface area (TPSA) is 69.7 Å². The highest BCUT2D eigenvalue weighted by molar-refractivity contribution is 7.89. The Kier molecular flexibility index (Phi) is 6.37. The Hall–Kier alpha value is -1.44. The zero-order valence-corrected chi connectivity index (χ0v) is 15.5. The average molecular weight is 353 g/mol. The molecule has 7 heteroatoms. The van der Waals surface area contributed by atoms with E-state index in [2.05, 4.69) is 5.32 Å². The maximum Gasteiger partial charge on any atom is 0.253 e. The molecule has 134 valence electrons. The molecule has 1 heterocycles. The van der Waals surface area contributed by atoms with E-state index in [9.17, 15) is 13.2 Å². The summed E-state index contributed by atoms with van der Waals surface area (Å²) in [5.41, 5.74) is 0.489. The van der Waals surface area contributed by atoms with Gasteiger partial charge in [-0.1, -0.05) is 6.92 Å². The van der Waals surface area contributed by atoms with Gasteiger partial charge in [-0.2, -0.15) is 4.31 Å². The SMILES string of the molecule is CCCN(C1CCNCC1)S(=O)(=O)c1ccc(C(=O)N(C)C)cc1. The van der Waals surface area contributed by atoms with Crippen LogP contribution in [0.1, 0.15) is 36.5 Å². The second-order valence-electron chi connectivity index (χ2n) is 6.32. The van der Waals surface area contributed by atoms with Crippen LogP contribution in [0.3, 0.4) is 0 Å². The summed E-state index contributed by atoms with van der Waals surface area (Å²) in [4.78, 5) is 13.7. The number of rotatable bonds is 6. The first-order valence-corrected chi connectivity index (χ1v) is 9.86. The molecule has 0 radical (unpaired) electrons. The summed E-state index contributed by atoms with van der Waals surface area (Å²) in [6, 6.07) is 6.29. The minimum atomic E-state index is -3.54. The van der Waals surface area contributed by atoms with Crippen LogP contribution in [-0.2, 0) is 10.0 Å². The molecule has 6 nitrogen and oxygen atoms in total. The van der Waals surface area contributed by atoms with E-state index in [-0.39, 0.29) is 16.8 Å². The van der Waals surface area contributed by atoms with E-state index >= 15 is 0 Å². The molecule has 1 aliphatic rings. The number of carbonyl (C=O) groups excluding carboxylic acids is 1. The van der Waals surface area contributed by atoms with Gasteiger partial charge in [0.1, 0.15) is 0 Å². The van der Waals surface area contributed by atoms with Gasteiger partial charge >= 0.3 is 0 Å². The molecule has 0 atom stereocenters. The third-order valence-electron chi connectivity index (χ3n) is 4.27. The molecular formula is C17H27N3O3S. The predicted octanol–water partition coefficient (Wildman–Crippen LogP) is 1.54. The normalized spacial score (nSPS) is 16.3. The van der Waals surface area contributed by atoms with Gasteiger partial charge in [-0.3, -0.25) is 4.79 Å². The van der Waals surface area contributed by atoms with Crippen LogP contribution in [-0.4, -0.2) is 63.3 Å². The maximum atomic E-state index is 13.0. The molecule has 2 rings (SSSR count). The van der Waals surface area contributed by atoms with Crippen molar-refractivity contribution in [2.24, 2.45) is 0 Å². The van der Waals surface area contributed by atoms with E-state index in [0.29, 0.717) is 12.1 Å². The van der Waals surface area contributed by atoms with E-state index < -0.39 is 10.0 Å². The number of hydrogen-bond donors (Lipinski definition) is 1. The Morgan fingerprint density at radius 3 is 2.25 bits per heavy atom. The lowest BCUT2D eigenvalue weighted by Gasteiger charge is -2.33. The van der Waals surface area contributed by atoms with Gasteiger partial charge in [0, 0.05) is 32.2 Å². The number of nitrogens with zero attached hydrogens (tertiary/aromatic N) is 2. The third-order valence-corrected chi connectivity index (χ3v) is 6.24. The van der Waals surface area contributed by atoms with E-state index in [0.717, 1.165) is 32.4 Å². The van der Waals surface area contributed by atoms with E-state index in [1.807, 2.05) is 6.92 Å². The highest BCUT2D eigenvalue weighted by Crippen LogP contribution is 2.23. The first-order chi connectivity index (χ1) is 11.4. The molecule has 1 aromatic rings. The zero-order valence-electron chi connectivity index (χ0n) is 14.7. The van der Waals surface area contributed by atoms with Crippen molar-refractivity contribution in [3.63, 3.8) is 0 Å². The van der Waals surface area contributed by atoms with Gasteiger partial charge in [0.05, 0.1) is 4.90 Å². The number of amides is 1. The molecule has 1 aliphatic heterocycles. The molecule has 0 spiro atoms. The van der Waals surface area contributed by atoms with E-state index in [1.54, 1.807) is 30.5 Å². The van der Waals surface area contributed by atoms with Gasteiger partial charge in [0.2, 0.25) is 10.0 Å². The van der Waals surface area contributed by atoms with Crippen molar-refractivity contribution in [2.45, 2.75) is 37.1 Å². The molecule has 1 N–H and O–H groups in total. The van der Waals surface area contributed by atoms with E-state index in [1.165, 1.54) is 17.0 Å². The number of sulfonamides is 1. The Bertz CT molecular complexity index is 650. The lowest BCUT2D eigenvalue weighted by molar-refractivity contribution is 0.0827. The molecule has 0 unspecified atom stereocenters. The lowest BCUT2D eigenvalue weighted by Crippen LogP contribution is -2.46. The van der Waals surface area contributed by atoms with Crippen LogP contribution in [0.4, 0.5) is 0 Å². The van der Waals surface area contributed by atoms with E-state index in [4.69, 9.17) is 0 Å². The zero-order chi connectivity index (χ0) is 17.7. The average Bonchev–Trinajstić information content (AvgIpc) is 2.59. The second-order valence-corrected chi connectivity index (χ2v) is 8.21. The molecule has 1 saturated heterocycles. The van der Waals surface area contributed by atoms with Crippen LogP contribution in [0.25, 0.3) is 0 Å². The summed E-state index contributed by atoms with van der Waals surface area (Å²) in [7, 11) is -0.198. The Morgan fingerprint density at radius 2 is 1.75 bits per heavy atom. The maximum absolute atomic E-state index is 13.0. The summed E-state index contributed by atoms with van der Waals surface area (Å²) in [5.74, 6) is -0.136. The van der Waals surface area contributed by atoms with Crippen molar-refractivity contribution in [2.75, 3.05) is 33.7 Å². The second kappa shape index (κ2) is 8.09. The largest absolute Gasteiger partial charge is 0.345 e. The summed E-state index contributed by atoms with van der Waals surface area (Å²) in [5, 5.41) is 3.27. The molecule has 0 bridgehead atoms. The standard InChI is InChI=1S/C17H27N3O3S/c1-4-13-20(15-9-11-18-12-10-15)24(22,23)16-7-5-14(6-8-16)17(21)19(2)3/h5-8,15,18H,4,9-13H2,1-3H3. The molecule has 0 aliphatic carbocycles. The number of carbonyl (C=O) groups is 1. The quantitative estimate of drug-likeness (QED) is 0.842. The van der Waals surface area contributed by atoms with Crippen molar-refractivity contribution < 1.29 is 13.2 Å². The van der Waals surface area contributed by atoms with Crippen molar-refractivity contribution in [3.8, 4) is 0 Å². The highest BCUT2D eigenvalue weighted by atomic mass is 32.2. The van der Waals surface area contributed by atoms with Crippen molar-refractivity contribution in [1.29, 1.82) is 0 Å². The van der Waals surface area contributed by atoms with Gasteiger partial charge in [0.15, 0.2) is 0 Å². The third kappa shape index (κ3) is 4.15. The molecule has 0 saturated carbocycles. The first kappa shape index (κ1) is 18.9. The van der Waals surface area contributed by atoms with Crippen LogP contribution in [0, 0.1) is 0 Å². The molecule has 1 fully saturated rings. The van der Waals surface area contributed by atoms with Crippen LogP contribution < -0.4 is 5.32 Å². The number of benzene rings is 1. The van der Waals surface area contributed by atoms with Crippen molar-refractivity contribution >= 4 is 15.9 Å². The monoisotopic (exact) mass is 353 g/mol. The van der Waals surface area contributed by atoms with Gasteiger partial charge in [-0.15, -0.1) is 0 Å². The minimum absolute atomic E-state index is 0.0410. The van der Waals surface area contributed by atoms with Crippen LogP contribution in [0.5, 0.6) is 0 Å². The minimum Gasteiger partial charge on any atom is -0.345 e. The molecular weight excluding hydrogens is 326 g/mol.